The molecule has 0 aliphatic carbocycles. The van der Waals surface area contributed by atoms with E-state index < -0.39 is 0 Å². The lowest BCUT2D eigenvalue weighted by atomic mass is 9.98. The number of aromatic nitrogens is 1. The molecule has 1 atom stereocenters. The van der Waals surface area contributed by atoms with Gasteiger partial charge in [-0.15, -0.1) is 0 Å². The van der Waals surface area contributed by atoms with Gasteiger partial charge in [0.1, 0.15) is 17.4 Å². The summed E-state index contributed by atoms with van der Waals surface area (Å²) < 4.78 is 20.2. The van der Waals surface area contributed by atoms with Gasteiger partial charge in [-0.05, 0) is 55.1 Å². The summed E-state index contributed by atoms with van der Waals surface area (Å²) in [4.78, 5) is 11.5. The predicted molar refractivity (Wildman–Crippen MR) is 135 cm³/mol. The quantitative estimate of drug-likeness (QED) is 0.548. The van der Waals surface area contributed by atoms with E-state index in [9.17, 15) is 4.39 Å². The molecule has 1 N–H and O–H groups in total. The van der Waals surface area contributed by atoms with Crippen LogP contribution in [0.4, 0.5) is 10.2 Å². The van der Waals surface area contributed by atoms with E-state index in [0.29, 0.717) is 27.3 Å². The second-order valence-electron chi connectivity index (χ2n) is 8.80. The lowest BCUT2D eigenvalue weighted by Crippen LogP contribution is -2.18. The van der Waals surface area contributed by atoms with Gasteiger partial charge in [0.15, 0.2) is 0 Å². The van der Waals surface area contributed by atoms with E-state index >= 15 is 0 Å². The van der Waals surface area contributed by atoms with Gasteiger partial charge in [0.2, 0.25) is 0 Å². The molecule has 170 valence electrons. The van der Waals surface area contributed by atoms with Gasteiger partial charge in [0, 0.05) is 54.2 Å². The average molecular weight is 463 g/mol. The third-order valence-electron chi connectivity index (χ3n) is 6.14. The van der Waals surface area contributed by atoms with E-state index in [4.69, 9.17) is 9.72 Å². The molecular weight excluding hydrogens is 434 g/mol. The molecule has 1 unspecified atom stereocenters. The van der Waals surface area contributed by atoms with Crippen molar-refractivity contribution in [2.75, 3.05) is 32.3 Å². The molecular formula is C26H28FN4OP. The van der Waals surface area contributed by atoms with Gasteiger partial charge in [0.05, 0.1) is 12.9 Å². The maximum absolute atomic E-state index is 14.6. The van der Waals surface area contributed by atoms with Crippen molar-refractivity contribution in [1.82, 2.24) is 9.88 Å². The van der Waals surface area contributed by atoms with Gasteiger partial charge in [-0.2, -0.15) is 0 Å². The van der Waals surface area contributed by atoms with Crippen LogP contribution in [0.3, 0.4) is 0 Å². The van der Waals surface area contributed by atoms with Crippen LogP contribution in [0.25, 0.3) is 11.1 Å². The third-order valence-corrected chi connectivity index (χ3v) is 7.37. The molecule has 0 saturated heterocycles. The number of aryl methyl sites for hydroxylation is 1. The molecule has 3 aromatic rings. The van der Waals surface area contributed by atoms with Crippen LogP contribution >= 0.6 is 8.58 Å². The SMILES string of the molecule is Cc1cc(CN(C)C)ccc1-c1cnc(NCc2c(F)ccc3c2CCO3)c2c1PCN=C2. The first kappa shape index (κ1) is 22.0. The number of hydrogen-bond donors (Lipinski definition) is 1. The molecule has 1 aromatic heterocycles. The van der Waals surface area contributed by atoms with Gasteiger partial charge in [-0.25, -0.2) is 9.37 Å². The minimum atomic E-state index is -0.207. The number of hydrogen-bond acceptors (Lipinski definition) is 5. The van der Waals surface area contributed by atoms with Gasteiger partial charge >= 0.3 is 0 Å². The van der Waals surface area contributed by atoms with E-state index in [-0.39, 0.29) is 5.82 Å². The first-order valence-electron chi connectivity index (χ1n) is 11.2. The molecule has 2 aliphatic rings. The number of nitrogens with one attached hydrogen (secondary N) is 1. The maximum Gasteiger partial charge on any atom is 0.135 e. The zero-order chi connectivity index (χ0) is 22.9. The molecule has 2 aromatic carbocycles. The number of benzene rings is 2. The van der Waals surface area contributed by atoms with E-state index in [1.807, 2.05) is 12.4 Å². The molecule has 0 saturated carbocycles. The highest BCUT2D eigenvalue weighted by Crippen LogP contribution is 2.33. The van der Waals surface area contributed by atoms with Gasteiger partial charge < -0.3 is 15.0 Å². The molecule has 0 radical (unpaired) electrons. The summed E-state index contributed by atoms with van der Waals surface area (Å²) in [5, 5.41) is 4.66. The van der Waals surface area contributed by atoms with Crippen molar-refractivity contribution in [1.29, 1.82) is 0 Å². The average Bonchev–Trinajstić information content (AvgIpc) is 3.27. The lowest BCUT2D eigenvalue weighted by molar-refractivity contribution is 0.356. The first-order valence-corrected chi connectivity index (χ1v) is 12.4. The Bertz CT molecular complexity index is 1240. The Morgan fingerprint density at radius 2 is 2.06 bits per heavy atom. The number of nitrogens with zero attached hydrogens (tertiary/aromatic N) is 3. The standard InChI is InChI=1S/C26H28FN4OP/c1-16-10-17(14-31(2)3)4-5-18(16)21-13-30-26(22-11-28-15-33-25(21)22)29-12-20-19-8-9-32-24(19)7-6-23(20)27/h4-7,10-11,13,33H,8-9,12,14-15H2,1-3H3,(H,29,30). The highest BCUT2D eigenvalue weighted by molar-refractivity contribution is 7.48. The number of ether oxygens (including phenoxy) is 1. The summed E-state index contributed by atoms with van der Waals surface area (Å²) in [5.41, 5.74) is 7.54. The van der Waals surface area contributed by atoms with E-state index in [1.54, 1.807) is 6.07 Å². The lowest BCUT2D eigenvalue weighted by Gasteiger charge is -2.21. The fourth-order valence-corrected chi connectivity index (χ4v) is 5.72. The number of aliphatic imine (C=N–C) groups is 1. The minimum Gasteiger partial charge on any atom is -0.493 e. The second kappa shape index (κ2) is 9.20. The van der Waals surface area contributed by atoms with Crippen molar-refractivity contribution < 1.29 is 9.13 Å². The van der Waals surface area contributed by atoms with E-state index in [1.165, 1.54) is 28.1 Å². The van der Waals surface area contributed by atoms with Gasteiger partial charge in [-0.3, -0.25) is 4.99 Å². The van der Waals surface area contributed by atoms with Crippen LogP contribution < -0.4 is 15.4 Å². The van der Waals surface area contributed by atoms with E-state index in [2.05, 4.69) is 54.4 Å². The summed E-state index contributed by atoms with van der Waals surface area (Å²) in [7, 11) is 4.74. The second-order valence-corrected chi connectivity index (χ2v) is 9.97. The summed E-state index contributed by atoms with van der Waals surface area (Å²) in [6.07, 6.45) is 5.39. The molecule has 0 bridgehead atoms. The summed E-state index contributed by atoms with van der Waals surface area (Å²) >= 11 is 0. The number of anilines is 1. The Morgan fingerprint density at radius 3 is 2.88 bits per heavy atom. The Morgan fingerprint density at radius 1 is 1.18 bits per heavy atom. The topological polar surface area (TPSA) is 49.8 Å². The summed E-state index contributed by atoms with van der Waals surface area (Å²) in [6.45, 7) is 4.05. The largest absolute Gasteiger partial charge is 0.493 e. The first-order chi connectivity index (χ1) is 16.0. The normalized spacial score (nSPS) is 14.9. The molecule has 2 aliphatic heterocycles. The highest BCUT2D eigenvalue weighted by atomic mass is 31.1. The zero-order valence-electron chi connectivity index (χ0n) is 19.2. The van der Waals surface area contributed by atoms with Crippen molar-refractivity contribution in [2.45, 2.75) is 26.4 Å². The molecule has 7 heteroatoms. The predicted octanol–water partition coefficient (Wildman–Crippen LogP) is 4.50. The zero-order valence-corrected chi connectivity index (χ0v) is 20.2. The van der Waals surface area contributed by atoms with Gasteiger partial charge in [0.25, 0.3) is 0 Å². The van der Waals surface area contributed by atoms with Crippen LogP contribution in [0.15, 0.2) is 41.5 Å². The molecule has 0 fully saturated rings. The third kappa shape index (κ3) is 4.38. The minimum absolute atomic E-state index is 0.207. The van der Waals surface area contributed by atoms with Crippen LogP contribution in [-0.4, -0.2) is 43.1 Å². The van der Waals surface area contributed by atoms with Crippen molar-refractivity contribution in [3.8, 4) is 16.9 Å². The number of pyridine rings is 1. The Hall–Kier alpha value is -2.82. The van der Waals surface area contributed by atoms with Crippen LogP contribution in [0.2, 0.25) is 0 Å². The Kier molecular flexibility index (Phi) is 6.13. The van der Waals surface area contributed by atoms with Crippen LogP contribution in [0, 0.1) is 12.7 Å². The van der Waals surface area contributed by atoms with Crippen molar-refractivity contribution in [3.05, 3.63) is 70.2 Å². The van der Waals surface area contributed by atoms with Crippen LogP contribution in [0.5, 0.6) is 5.75 Å². The molecule has 0 amide bonds. The van der Waals surface area contributed by atoms with Crippen molar-refractivity contribution in [2.24, 2.45) is 4.99 Å². The highest BCUT2D eigenvalue weighted by Gasteiger charge is 2.22. The molecule has 0 spiro atoms. The molecule has 5 rings (SSSR count). The number of fused-ring (bicyclic) bond motifs is 2. The van der Waals surface area contributed by atoms with Gasteiger partial charge in [-0.1, -0.05) is 26.8 Å². The maximum atomic E-state index is 14.6. The molecule has 5 nitrogen and oxygen atoms in total. The van der Waals surface area contributed by atoms with E-state index in [0.717, 1.165) is 47.5 Å². The summed E-state index contributed by atoms with van der Waals surface area (Å²) in [6, 6.07) is 9.86. The molecule has 3 heterocycles. The smallest absolute Gasteiger partial charge is 0.135 e. The number of rotatable bonds is 6. The fourth-order valence-electron chi connectivity index (χ4n) is 4.62. The van der Waals surface area contributed by atoms with Crippen LogP contribution in [0.1, 0.15) is 27.8 Å². The van der Waals surface area contributed by atoms with Crippen molar-refractivity contribution >= 4 is 25.9 Å². The Labute approximate surface area is 195 Å². The molecule has 33 heavy (non-hydrogen) atoms. The number of halogens is 1. The fraction of sp³-hybridized carbons (Fsp3) is 0.308. The monoisotopic (exact) mass is 462 g/mol. The Balaban J connectivity index is 1.47. The summed E-state index contributed by atoms with van der Waals surface area (Å²) in [5.74, 6) is 1.33. The van der Waals surface area contributed by atoms with Crippen molar-refractivity contribution in [3.63, 3.8) is 0 Å². The van der Waals surface area contributed by atoms with Crippen LogP contribution in [-0.2, 0) is 19.5 Å².